The normalized spacial score (nSPS) is 20.5. The third-order valence-electron chi connectivity index (χ3n) is 6.04. The first kappa shape index (κ1) is 22.3. The zero-order valence-electron chi connectivity index (χ0n) is 17.9. The molecule has 32 heavy (non-hydrogen) atoms. The molecular weight excluding hydrogens is 428 g/mol. The monoisotopic (exact) mass is 454 g/mol. The minimum Gasteiger partial charge on any atom is -0.386 e. The standard InChI is InChI=1S/C23H26N4O4S/c1-32-31-23(30)20-24-10-7-19(26-20)21(28)25-14-15-8-11-27(12-9-15)22(29)18-13-17(18)16-5-3-2-4-6-16/h2-7,10,15,17-18H,8-9,11-14H2,1H3,(H,25,28)/t17-,18+/m0/s1. The number of likely N-dealkylation sites (tertiary alicyclic amines) is 1. The molecule has 0 bridgehead atoms. The van der Waals surface area contributed by atoms with Crippen LogP contribution in [0.4, 0.5) is 0 Å². The zero-order valence-corrected chi connectivity index (χ0v) is 18.7. The van der Waals surface area contributed by atoms with Crippen LogP contribution in [0.1, 0.15) is 51.9 Å². The van der Waals surface area contributed by atoms with Gasteiger partial charge in [-0.05, 0) is 42.7 Å². The minimum atomic E-state index is -0.686. The van der Waals surface area contributed by atoms with Crippen LogP contribution in [0.5, 0.6) is 0 Å². The fourth-order valence-corrected chi connectivity index (χ4v) is 4.38. The molecular formula is C23H26N4O4S. The fraction of sp³-hybridized carbons (Fsp3) is 0.435. The largest absolute Gasteiger partial charge is 0.388 e. The maximum absolute atomic E-state index is 12.8. The number of benzene rings is 1. The third kappa shape index (κ3) is 5.27. The van der Waals surface area contributed by atoms with E-state index in [0.717, 1.165) is 44.4 Å². The number of nitrogens with zero attached hydrogens (tertiary/aromatic N) is 3. The van der Waals surface area contributed by atoms with Gasteiger partial charge in [-0.1, -0.05) is 30.3 Å². The average molecular weight is 455 g/mol. The summed E-state index contributed by atoms with van der Waals surface area (Å²) in [4.78, 5) is 46.8. The molecule has 168 valence electrons. The molecule has 9 heteroatoms. The van der Waals surface area contributed by atoms with Gasteiger partial charge in [0.1, 0.15) is 5.69 Å². The predicted octanol–water partition coefficient (Wildman–Crippen LogP) is 2.68. The van der Waals surface area contributed by atoms with E-state index in [0.29, 0.717) is 18.4 Å². The van der Waals surface area contributed by atoms with Gasteiger partial charge in [0.05, 0.1) is 12.0 Å². The molecule has 8 nitrogen and oxygen atoms in total. The molecule has 2 atom stereocenters. The molecule has 1 aliphatic carbocycles. The molecule has 2 aromatic rings. The quantitative estimate of drug-likeness (QED) is 0.642. The van der Waals surface area contributed by atoms with Crippen molar-refractivity contribution in [3.63, 3.8) is 0 Å². The van der Waals surface area contributed by atoms with Gasteiger partial charge in [-0.3, -0.25) is 9.59 Å². The van der Waals surface area contributed by atoms with Crippen molar-refractivity contribution in [2.75, 3.05) is 25.9 Å². The number of hydrogen-bond acceptors (Lipinski definition) is 7. The Labute approximate surface area is 191 Å². The maximum atomic E-state index is 12.8. The van der Waals surface area contributed by atoms with Crippen LogP contribution in [0, 0.1) is 11.8 Å². The van der Waals surface area contributed by atoms with Gasteiger partial charge in [-0.2, -0.15) is 0 Å². The van der Waals surface area contributed by atoms with Crippen molar-refractivity contribution in [2.24, 2.45) is 11.8 Å². The smallest absolute Gasteiger partial charge is 0.386 e. The zero-order chi connectivity index (χ0) is 22.5. The van der Waals surface area contributed by atoms with E-state index in [1.165, 1.54) is 17.8 Å². The lowest BCUT2D eigenvalue weighted by atomic mass is 9.96. The van der Waals surface area contributed by atoms with Gasteiger partial charge in [0, 0.05) is 38.0 Å². The number of hydrogen-bond donors (Lipinski definition) is 1. The SMILES string of the molecule is CSOC(=O)c1nccc(C(=O)NCC2CCN(C(=O)[C@@H]3C[C@H]3c3ccccc3)CC2)n1. The average Bonchev–Trinajstić information content (AvgIpc) is 3.64. The summed E-state index contributed by atoms with van der Waals surface area (Å²) in [5, 5.41) is 2.88. The first-order chi connectivity index (χ1) is 15.6. The van der Waals surface area contributed by atoms with Crippen molar-refractivity contribution in [1.29, 1.82) is 0 Å². The number of rotatable bonds is 7. The van der Waals surface area contributed by atoms with Crippen LogP contribution in [0.15, 0.2) is 42.6 Å². The first-order valence-corrected chi connectivity index (χ1v) is 11.9. The highest BCUT2D eigenvalue weighted by Gasteiger charge is 2.46. The van der Waals surface area contributed by atoms with E-state index in [4.69, 9.17) is 4.18 Å². The summed E-state index contributed by atoms with van der Waals surface area (Å²) in [6.07, 6.45) is 5.61. The Hall–Kier alpha value is -2.94. The number of amides is 2. The number of aromatic nitrogens is 2. The molecule has 1 saturated carbocycles. The predicted molar refractivity (Wildman–Crippen MR) is 120 cm³/mol. The molecule has 4 rings (SSSR count). The molecule has 1 aliphatic heterocycles. The van der Waals surface area contributed by atoms with Crippen LogP contribution in [0.2, 0.25) is 0 Å². The van der Waals surface area contributed by atoms with Gasteiger partial charge >= 0.3 is 5.97 Å². The molecule has 1 saturated heterocycles. The third-order valence-corrected chi connectivity index (χ3v) is 6.36. The Morgan fingerprint density at radius 3 is 2.62 bits per heavy atom. The van der Waals surface area contributed by atoms with Crippen molar-refractivity contribution in [3.8, 4) is 0 Å². The van der Waals surface area contributed by atoms with E-state index < -0.39 is 5.97 Å². The lowest BCUT2D eigenvalue weighted by Gasteiger charge is -2.32. The highest BCUT2D eigenvalue weighted by Crippen LogP contribution is 2.48. The summed E-state index contributed by atoms with van der Waals surface area (Å²) >= 11 is 0.896. The van der Waals surface area contributed by atoms with E-state index in [1.807, 2.05) is 23.1 Å². The van der Waals surface area contributed by atoms with Crippen molar-refractivity contribution < 1.29 is 18.6 Å². The first-order valence-electron chi connectivity index (χ1n) is 10.8. The molecule has 2 heterocycles. The van der Waals surface area contributed by atoms with Crippen LogP contribution < -0.4 is 5.32 Å². The van der Waals surface area contributed by atoms with Gasteiger partial charge in [0.15, 0.2) is 0 Å². The number of carbonyl (C=O) groups is 3. The van der Waals surface area contributed by atoms with Gasteiger partial charge in [-0.25, -0.2) is 14.8 Å². The summed E-state index contributed by atoms with van der Waals surface area (Å²) in [5.74, 6) is -0.165. The topological polar surface area (TPSA) is 101 Å². The number of piperidine rings is 1. The van der Waals surface area contributed by atoms with Gasteiger partial charge in [-0.15, -0.1) is 0 Å². The Morgan fingerprint density at radius 2 is 1.91 bits per heavy atom. The molecule has 1 aromatic carbocycles. The van der Waals surface area contributed by atoms with Crippen LogP contribution in [-0.2, 0) is 8.98 Å². The molecule has 1 aromatic heterocycles. The van der Waals surface area contributed by atoms with Crippen molar-refractivity contribution in [3.05, 3.63) is 59.7 Å². The lowest BCUT2D eigenvalue weighted by Crippen LogP contribution is -2.42. The second-order valence-electron chi connectivity index (χ2n) is 8.14. The molecule has 2 fully saturated rings. The molecule has 0 radical (unpaired) electrons. The molecule has 2 aliphatic rings. The summed E-state index contributed by atoms with van der Waals surface area (Å²) in [6, 6.07) is 11.7. The highest BCUT2D eigenvalue weighted by atomic mass is 32.2. The maximum Gasteiger partial charge on any atom is 0.388 e. The van der Waals surface area contributed by atoms with Gasteiger partial charge in [0.2, 0.25) is 11.7 Å². The molecule has 0 unspecified atom stereocenters. The fourth-order valence-electron chi connectivity index (χ4n) is 4.15. The van der Waals surface area contributed by atoms with Crippen LogP contribution >= 0.6 is 12.0 Å². The Bertz CT molecular complexity index is 979. The van der Waals surface area contributed by atoms with Crippen molar-refractivity contribution in [2.45, 2.75) is 25.2 Å². The van der Waals surface area contributed by atoms with Gasteiger partial charge < -0.3 is 14.4 Å². The second-order valence-corrected chi connectivity index (χ2v) is 8.64. The number of nitrogens with one attached hydrogen (secondary N) is 1. The summed E-state index contributed by atoms with van der Waals surface area (Å²) in [5.41, 5.74) is 1.37. The second kappa shape index (κ2) is 10.1. The minimum absolute atomic E-state index is 0.110. The Kier molecular flexibility index (Phi) is 7.04. The van der Waals surface area contributed by atoms with Gasteiger partial charge in [0.25, 0.3) is 5.91 Å². The van der Waals surface area contributed by atoms with E-state index in [1.54, 1.807) is 6.26 Å². The van der Waals surface area contributed by atoms with E-state index in [2.05, 4.69) is 27.4 Å². The van der Waals surface area contributed by atoms with Crippen LogP contribution in [0.25, 0.3) is 0 Å². The van der Waals surface area contributed by atoms with Crippen molar-refractivity contribution in [1.82, 2.24) is 20.2 Å². The Balaban J connectivity index is 1.22. The molecule has 2 amide bonds. The highest BCUT2D eigenvalue weighted by molar-refractivity contribution is 7.94. The van der Waals surface area contributed by atoms with E-state index in [9.17, 15) is 14.4 Å². The molecule has 0 spiro atoms. The molecule has 1 N–H and O–H groups in total. The van der Waals surface area contributed by atoms with Crippen LogP contribution in [0.3, 0.4) is 0 Å². The summed E-state index contributed by atoms with van der Waals surface area (Å²) in [7, 11) is 0. The van der Waals surface area contributed by atoms with Crippen LogP contribution in [-0.4, -0.2) is 58.5 Å². The number of carbonyl (C=O) groups excluding carboxylic acids is 3. The van der Waals surface area contributed by atoms with E-state index in [-0.39, 0.29) is 29.3 Å². The lowest BCUT2D eigenvalue weighted by molar-refractivity contribution is -0.134. The summed E-state index contributed by atoms with van der Waals surface area (Å²) < 4.78 is 4.79. The van der Waals surface area contributed by atoms with Crippen molar-refractivity contribution >= 4 is 29.8 Å². The Morgan fingerprint density at radius 1 is 1.16 bits per heavy atom. The summed E-state index contributed by atoms with van der Waals surface area (Å²) in [6.45, 7) is 1.94. The van der Waals surface area contributed by atoms with E-state index >= 15 is 0 Å².